The first-order chi connectivity index (χ1) is 13.0. The number of phenolic OH excluding ortho intramolecular Hbond substituents is 1. The number of aromatic nitrogens is 2. The molecule has 2 aromatic carbocycles. The van der Waals surface area contributed by atoms with Crippen molar-refractivity contribution in [1.29, 1.82) is 5.26 Å². The Morgan fingerprint density at radius 3 is 2.41 bits per heavy atom. The van der Waals surface area contributed by atoms with Gasteiger partial charge < -0.3 is 5.11 Å². The van der Waals surface area contributed by atoms with Gasteiger partial charge in [-0.3, -0.25) is 0 Å². The fraction of sp³-hybridized carbons (Fsp3) is 0.278. The van der Waals surface area contributed by atoms with Crippen LogP contribution in [0.2, 0.25) is 0 Å². The first-order valence-electron chi connectivity index (χ1n) is 8.39. The lowest BCUT2D eigenvalue weighted by molar-refractivity contribution is 0.277. The Balaban J connectivity index is 1.65. The van der Waals surface area contributed by atoms with Gasteiger partial charge in [-0.15, -0.1) is 0 Å². The molecule has 8 nitrogen and oxygen atoms in total. The van der Waals surface area contributed by atoms with Gasteiger partial charge in [0.05, 0.1) is 11.5 Å². The van der Waals surface area contributed by atoms with Crippen LogP contribution in [0.1, 0.15) is 18.4 Å². The number of hydrogen-bond acceptors (Lipinski definition) is 7. The second-order valence-corrected chi connectivity index (χ2v) is 8.41. The van der Waals surface area contributed by atoms with Crippen LogP contribution in [-0.2, 0) is 15.4 Å². The lowest BCUT2D eigenvalue weighted by Crippen LogP contribution is -2.44. The number of hydrogen-bond donors (Lipinski definition) is 1. The summed E-state index contributed by atoms with van der Waals surface area (Å²) < 4.78 is 32.1. The van der Waals surface area contributed by atoms with Crippen molar-refractivity contribution in [3.8, 4) is 11.8 Å². The van der Waals surface area contributed by atoms with E-state index >= 15 is 0 Å². The number of rotatable bonds is 3. The maximum atomic E-state index is 13.1. The van der Waals surface area contributed by atoms with E-state index in [4.69, 9.17) is 0 Å². The highest BCUT2D eigenvalue weighted by Gasteiger charge is 2.40. The summed E-state index contributed by atoms with van der Waals surface area (Å²) in [6, 6.07) is 14.4. The minimum absolute atomic E-state index is 0.00346. The topological polar surface area (TPSA) is 120 Å². The molecule has 9 heteroatoms. The standard InChI is InChI=1S/C18H16N4O4S/c19-12-18(13-4-2-1-3-5-13)8-10-22(11-9-18)27(24,25)15-7-6-14(23)16-17(15)21-26-20-16/h1-7,23H,8-11H2. The maximum Gasteiger partial charge on any atom is 0.245 e. The largest absolute Gasteiger partial charge is 0.505 e. The summed E-state index contributed by atoms with van der Waals surface area (Å²) in [5.41, 5.74) is 0.198. The molecule has 1 saturated heterocycles. The second kappa shape index (κ2) is 6.33. The van der Waals surface area contributed by atoms with Crippen LogP contribution in [0, 0.1) is 11.3 Å². The minimum Gasteiger partial charge on any atom is -0.505 e. The molecule has 0 radical (unpaired) electrons. The highest BCUT2D eigenvalue weighted by Crippen LogP contribution is 2.37. The Kier molecular flexibility index (Phi) is 4.09. The molecule has 27 heavy (non-hydrogen) atoms. The molecular weight excluding hydrogens is 368 g/mol. The number of sulfonamides is 1. The van der Waals surface area contributed by atoms with Crippen LogP contribution in [0.5, 0.6) is 5.75 Å². The van der Waals surface area contributed by atoms with Crippen molar-refractivity contribution >= 4 is 21.1 Å². The zero-order valence-corrected chi connectivity index (χ0v) is 15.1. The van der Waals surface area contributed by atoms with Gasteiger partial charge in [0.15, 0.2) is 11.0 Å². The average Bonchev–Trinajstić information content (AvgIpc) is 3.19. The van der Waals surface area contributed by atoms with Crippen LogP contribution in [0.15, 0.2) is 52.0 Å². The quantitative estimate of drug-likeness (QED) is 0.734. The number of phenols is 1. The Bertz CT molecular complexity index is 1130. The average molecular weight is 384 g/mol. The van der Waals surface area contributed by atoms with E-state index < -0.39 is 15.4 Å². The molecule has 1 fully saturated rings. The van der Waals surface area contributed by atoms with Gasteiger partial charge in [-0.25, -0.2) is 13.0 Å². The van der Waals surface area contributed by atoms with Crippen molar-refractivity contribution in [2.75, 3.05) is 13.1 Å². The molecule has 3 aromatic rings. The number of benzene rings is 2. The number of nitrogens with zero attached hydrogens (tertiary/aromatic N) is 4. The van der Waals surface area contributed by atoms with Crippen molar-refractivity contribution in [2.24, 2.45) is 0 Å². The summed E-state index contributed by atoms with van der Waals surface area (Å²) >= 11 is 0. The monoisotopic (exact) mass is 384 g/mol. The molecule has 0 aliphatic carbocycles. The fourth-order valence-electron chi connectivity index (χ4n) is 3.51. The fourth-order valence-corrected chi connectivity index (χ4v) is 5.07. The molecule has 1 N–H and O–H groups in total. The number of fused-ring (bicyclic) bond motifs is 1. The smallest absolute Gasteiger partial charge is 0.245 e. The van der Waals surface area contributed by atoms with Gasteiger partial charge in [-0.1, -0.05) is 30.3 Å². The van der Waals surface area contributed by atoms with Crippen molar-refractivity contribution in [2.45, 2.75) is 23.2 Å². The van der Waals surface area contributed by atoms with E-state index in [1.54, 1.807) is 0 Å². The third-order valence-electron chi connectivity index (χ3n) is 5.09. The lowest BCUT2D eigenvalue weighted by Gasteiger charge is -2.36. The number of piperidine rings is 1. The summed E-state index contributed by atoms with van der Waals surface area (Å²) in [6.07, 6.45) is 0.788. The Morgan fingerprint density at radius 1 is 1.07 bits per heavy atom. The van der Waals surface area contributed by atoms with E-state index in [2.05, 4.69) is 21.0 Å². The van der Waals surface area contributed by atoms with E-state index in [0.29, 0.717) is 12.8 Å². The summed E-state index contributed by atoms with van der Waals surface area (Å²) in [6.45, 7) is 0.414. The first kappa shape index (κ1) is 17.5. The molecular formula is C18H16N4O4S. The van der Waals surface area contributed by atoms with Crippen LogP contribution in [-0.4, -0.2) is 41.2 Å². The molecule has 0 amide bonds. The van der Waals surface area contributed by atoms with Crippen LogP contribution < -0.4 is 0 Å². The van der Waals surface area contributed by atoms with Gasteiger partial charge in [-0.2, -0.15) is 9.57 Å². The zero-order chi connectivity index (χ0) is 19.1. The predicted octanol–water partition coefficient (Wildman–Crippen LogP) is 2.17. The van der Waals surface area contributed by atoms with Gasteiger partial charge in [-0.05, 0) is 40.9 Å². The van der Waals surface area contributed by atoms with E-state index in [0.717, 1.165) is 5.56 Å². The van der Waals surface area contributed by atoms with Gasteiger partial charge >= 0.3 is 0 Å². The predicted molar refractivity (Wildman–Crippen MR) is 95.2 cm³/mol. The van der Waals surface area contributed by atoms with Crippen molar-refractivity contribution in [1.82, 2.24) is 14.6 Å². The van der Waals surface area contributed by atoms with E-state index in [-0.39, 0.29) is 34.8 Å². The molecule has 0 atom stereocenters. The SMILES string of the molecule is N#CC1(c2ccccc2)CCN(S(=O)(=O)c2ccc(O)c3nonc23)CC1. The molecule has 138 valence electrons. The molecule has 0 bridgehead atoms. The Labute approximate surface area is 155 Å². The first-order valence-corrected chi connectivity index (χ1v) is 9.83. The van der Waals surface area contributed by atoms with E-state index in [1.807, 2.05) is 30.3 Å². The molecule has 1 aliphatic heterocycles. The van der Waals surface area contributed by atoms with Gasteiger partial charge in [0.1, 0.15) is 10.6 Å². The van der Waals surface area contributed by atoms with Crippen LogP contribution in [0.3, 0.4) is 0 Å². The molecule has 0 spiro atoms. The zero-order valence-electron chi connectivity index (χ0n) is 14.2. The van der Waals surface area contributed by atoms with E-state index in [1.165, 1.54) is 16.4 Å². The maximum absolute atomic E-state index is 13.1. The van der Waals surface area contributed by atoms with Crippen LogP contribution in [0.4, 0.5) is 0 Å². The lowest BCUT2D eigenvalue weighted by atomic mass is 9.74. The number of nitriles is 1. The molecule has 0 saturated carbocycles. The minimum atomic E-state index is -3.87. The van der Waals surface area contributed by atoms with Crippen molar-refractivity contribution in [3.05, 3.63) is 48.0 Å². The molecule has 4 rings (SSSR count). The molecule has 1 aliphatic rings. The van der Waals surface area contributed by atoms with Crippen molar-refractivity contribution in [3.63, 3.8) is 0 Å². The van der Waals surface area contributed by atoms with Crippen molar-refractivity contribution < 1.29 is 18.2 Å². The highest BCUT2D eigenvalue weighted by atomic mass is 32.2. The van der Waals surface area contributed by atoms with Gasteiger partial charge in [0, 0.05) is 13.1 Å². The summed E-state index contributed by atoms with van der Waals surface area (Å²) in [7, 11) is -3.87. The molecule has 2 heterocycles. The molecule has 0 unspecified atom stereocenters. The second-order valence-electron chi connectivity index (χ2n) is 6.51. The van der Waals surface area contributed by atoms with Crippen LogP contribution in [0.25, 0.3) is 11.0 Å². The Hall–Kier alpha value is -2.96. The Morgan fingerprint density at radius 2 is 1.74 bits per heavy atom. The number of aromatic hydroxyl groups is 1. The third kappa shape index (κ3) is 2.74. The van der Waals surface area contributed by atoms with E-state index in [9.17, 15) is 18.8 Å². The van der Waals surface area contributed by atoms with Gasteiger partial charge in [0.25, 0.3) is 0 Å². The van der Waals surface area contributed by atoms with Gasteiger partial charge in [0.2, 0.25) is 10.0 Å². The van der Waals surface area contributed by atoms with Crippen LogP contribution >= 0.6 is 0 Å². The summed E-state index contributed by atoms with van der Waals surface area (Å²) in [5.74, 6) is -0.198. The molecule has 1 aromatic heterocycles. The normalized spacial score (nSPS) is 17.6. The third-order valence-corrected chi connectivity index (χ3v) is 7.02. The summed E-state index contributed by atoms with van der Waals surface area (Å²) in [5, 5.41) is 26.7. The highest BCUT2D eigenvalue weighted by molar-refractivity contribution is 7.89. The summed E-state index contributed by atoms with van der Waals surface area (Å²) in [4.78, 5) is -0.0688.